The van der Waals surface area contributed by atoms with E-state index < -0.39 is 0 Å². The average Bonchev–Trinajstić information content (AvgIpc) is 2.71. The van der Waals surface area contributed by atoms with Crippen molar-refractivity contribution >= 4 is 5.91 Å². The van der Waals surface area contributed by atoms with Crippen LogP contribution in [0.3, 0.4) is 0 Å². The number of nitrogens with zero attached hydrogens (tertiary/aromatic N) is 2. The maximum Gasteiger partial charge on any atom is 0.222 e. The van der Waals surface area contributed by atoms with Crippen molar-refractivity contribution in [3.63, 3.8) is 0 Å². The van der Waals surface area contributed by atoms with Gasteiger partial charge in [-0.25, -0.2) is 0 Å². The van der Waals surface area contributed by atoms with E-state index in [0.717, 1.165) is 32.7 Å². The zero-order valence-electron chi connectivity index (χ0n) is 12.6. The molecule has 0 aromatic rings. The minimum atomic E-state index is 0.0802. The second-order valence-electron chi connectivity index (χ2n) is 5.77. The number of hydrogen-bond acceptors (Lipinski definition) is 3. The first-order chi connectivity index (χ1) is 8.47. The van der Waals surface area contributed by atoms with Crippen LogP contribution in [0.15, 0.2) is 0 Å². The summed E-state index contributed by atoms with van der Waals surface area (Å²) in [5, 5.41) is 3.00. The van der Waals surface area contributed by atoms with Gasteiger partial charge in [-0.05, 0) is 12.5 Å². The van der Waals surface area contributed by atoms with Crippen molar-refractivity contribution in [2.24, 2.45) is 11.8 Å². The summed E-state index contributed by atoms with van der Waals surface area (Å²) in [6.45, 7) is 15.7. The van der Waals surface area contributed by atoms with Crippen molar-refractivity contribution in [2.75, 3.05) is 32.7 Å². The lowest BCUT2D eigenvalue weighted by Gasteiger charge is -2.32. The van der Waals surface area contributed by atoms with Crippen LogP contribution in [-0.2, 0) is 4.79 Å². The highest BCUT2D eigenvalue weighted by Gasteiger charge is 2.32. The largest absolute Gasteiger partial charge is 0.355 e. The Balaban J connectivity index is 2.39. The van der Waals surface area contributed by atoms with Gasteiger partial charge in [0, 0.05) is 32.1 Å². The highest BCUT2D eigenvalue weighted by Crippen LogP contribution is 2.20. The van der Waals surface area contributed by atoms with E-state index in [0.29, 0.717) is 12.1 Å². The fourth-order valence-electron chi connectivity index (χ4n) is 2.71. The van der Waals surface area contributed by atoms with Crippen LogP contribution in [0.5, 0.6) is 0 Å². The summed E-state index contributed by atoms with van der Waals surface area (Å²) in [6.07, 6.45) is 0.533. The fourth-order valence-corrected chi connectivity index (χ4v) is 2.71. The molecule has 0 aromatic heterocycles. The number of likely N-dealkylation sites (N-methyl/N-ethyl adjacent to an activating group) is 1. The van der Waals surface area contributed by atoms with Gasteiger partial charge >= 0.3 is 0 Å². The smallest absolute Gasteiger partial charge is 0.222 e. The maximum atomic E-state index is 11.5. The van der Waals surface area contributed by atoms with E-state index in [2.05, 4.69) is 35.9 Å². The second-order valence-corrected chi connectivity index (χ2v) is 5.77. The lowest BCUT2D eigenvalue weighted by Crippen LogP contribution is -2.45. The third kappa shape index (κ3) is 3.95. The van der Waals surface area contributed by atoms with Gasteiger partial charge < -0.3 is 5.32 Å². The Labute approximate surface area is 112 Å². The Bertz CT molecular complexity index is 266. The molecule has 1 heterocycles. The summed E-state index contributed by atoms with van der Waals surface area (Å²) in [5.74, 6) is 0.868. The van der Waals surface area contributed by atoms with Gasteiger partial charge in [-0.2, -0.15) is 0 Å². The first-order valence-corrected chi connectivity index (χ1v) is 7.23. The van der Waals surface area contributed by atoms with Gasteiger partial charge in [0.05, 0.1) is 6.17 Å². The molecule has 0 spiro atoms. The number of nitrogens with one attached hydrogen (secondary N) is 1. The molecule has 0 bridgehead atoms. The third-order valence-electron chi connectivity index (χ3n) is 3.65. The van der Waals surface area contributed by atoms with Gasteiger partial charge in [0.15, 0.2) is 0 Å². The SMILES string of the molecule is CCN1CCN(CCNC(=O)C(C)C)C1C(C)C. The van der Waals surface area contributed by atoms with E-state index in [1.807, 2.05) is 13.8 Å². The van der Waals surface area contributed by atoms with Gasteiger partial charge in [-0.15, -0.1) is 0 Å². The summed E-state index contributed by atoms with van der Waals surface area (Å²) < 4.78 is 0. The summed E-state index contributed by atoms with van der Waals surface area (Å²) >= 11 is 0. The molecule has 1 unspecified atom stereocenters. The maximum absolute atomic E-state index is 11.5. The van der Waals surface area contributed by atoms with Gasteiger partial charge in [0.1, 0.15) is 0 Å². The Morgan fingerprint density at radius 2 is 1.83 bits per heavy atom. The molecule has 4 nitrogen and oxygen atoms in total. The standard InChI is InChI=1S/C14H29N3O/c1-6-16-9-10-17(14(16)12(4)5)8-7-15-13(18)11(2)3/h11-12,14H,6-10H2,1-5H3,(H,15,18). The molecule has 1 rings (SSSR count). The highest BCUT2D eigenvalue weighted by atomic mass is 16.1. The minimum absolute atomic E-state index is 0.0802. The molecule has 1 aliphatic rings. The Kier molecular flexibility index (Phi) is 6.09. The zero-order valence-corrected chi connectivity index (χ0v) is 12.6. The van der Waals surface area contributed by atoms with Crippen molar-refractivity contribution in [2.45, 2.75) is 40.8 Å². The van der Waals surface area contributed by atoms with Crippen molar-refractivity contribution in [1.82, 2.24) is 15.1 Å². The van der Waals surface area contributed by atoms with E-state index in [4.69, 9.17) is 0 Å². The zero-order chi connectivity index (χ0) is 13.7. The number of hydrogen-bond donors (Lipinski definition) is 1. The Morgan fingerprint density at radius 1 is 1.22 bits per heavy atom. The minimum Gasteiger partial charge on any atom is -0.355 e. The van der Waals surface area contributed by atoms with Gasteiger partial charge in [-0.1, -0.05) is 34.6 Å². The molecule has 1 N–H and O–H groups in total. The monoisotopic (exact) mass is 255 g/mol. The van der Waals surface area contributed by atoms with Crippen molar-refractivity contribution in [3.05, 3.63) is 0 Å². The molecule has 1 atom stereocenters. The van der Waals surface area contributed by atoms with E-state index in [-0.39, 0.29) is 11.8 Å². The van der Waals surface area contributed by atoms with Crippen LogP contribution in [-0.4, -0.2) is 54.6 Å². The van der Waals surface area contributed by atoms with Crippen LogP contribution in [0.25, 0.3) is 0 Å². The van der Waals surface area contributed by atoms with E-state index in [1.54, 1.807) is 0 Å². The lowest BCUT2D eigenvalue weighted by atomic mass is 10.1. The predicted octanol–water partition coefficient (Wildman–Crippen LogP) is 1.38. The van der Waals surface area contributed by atoms with E-state index in [1.165, 1.54) is 0 Å². The van der Waals surface area contributed by atoms with Gasteiger partial charge in [0.25, 0.3) is 0 Å². The van der Waals surface area contributed by atoms with E-state index in [9.17, 15) is 4.79 Å². The van der Waals surface area contributed by atoms with E-state index >= 15 is 0 Å². The van der Waals surface area contributed by atoms with Crippen molar-refractivity contribution < 1.29 is 4.79 Å². The number of amides is 1. The van der Waals surface area contributed by atoms with Gasteiger partial charge in [-0.3, -0.25) is 14.6 Å². The van der Waals surface area contributed by atoms with Crippen molar-refractivity contribution in [3.8, 4) is 0 Å². The summed E-state index contributed by atoms with van der Waals surface area (Å²) in [5.41, 5.74) is 0. The molecule has 106 valence electrons. The third-order valence-corrected chi connectivity index (χ3v) is 3.65. The molecule has 4 heteroatoms. The van der Waals surface area contributed by atoms with Crippen LogP contribution in [0.4, 0.5) is 0 Å². The molecular formula is C14H29N3O. The topological polar surface area (TPSA) is 35.6 Å². The molecule has 0 radical (unpaired) electrons. The van der Waals surface area contributed by atoms with Crippen LogP contribution in [0, 0.1) is 11.8 Å². The number of carbonyl (C=O) groups excluding carboxylic acids is 1. The molecule has 0 aromatic carbocycles. The molecule has 1 fully saturated rings. The molecule has 1 aliphatic heterocycles. The molecular weight excluding hydrogens is 226 g/mol. The lowest BCUT2D eigenvalue weighted by molar-refractivity contribution is -0.124. The molecule has 1 saturated heterocycles. The Hall–Kier alpha value is -0.610. The molecule has 18 heavy (non-hydrogen) atoms. The van der Waals surface area contributed by atoms with Crippen LogP contribution in [0.1, 0.15) is 34.6 Å². The van der Waals surface area contributed by atoms with Crippen LogP contribution >= 0.6 is 0 Å². The fraction of sp³-hybridized carbons (Fsp3) is 0.929. The first-order valence-electron chi connectivity index (χ1n) is 7.23. The number of rotatable bonds is 6. The molecule has 1 amide bonds. The second kappa shape index (κ2) is 7.10. The average molecular weight is 255 g/mol. The summed E-state index contributed by atoms with van der Waals surface area (Å²) in [6, 6.07) is 0. The quantitative estimate of drug-likeness (QED) is 0.779. The van der Waals surface area contributed by atoms with Gasteiger partial charge in [0.2, 0.25) is 5.91 Å². The van der Waals surface area contributed by atoms with Crippen LogP contribution < -0.4 is 5.32 Å². The summed E-state index contributed by atoms with van der Waals surface area (Å²) in [4.78, 5) is 16.5. The first kappa shape index (κ1) is 15.4. The predicted molar refractivity (Wildman–Crippen MR) is 75.3 cm³/mol. The normalized spacial score (nSPS) is 22.1. The van der Waals surface area contributed by atoms with Crippen molar-refractivity contribution in [1.29, 1.82) is 0 Å². The molecule has 0 saturated carbocycles. The number of carbonyl (C=O) groups is 1. The molecule has 0 aliphatic carbocycles. The highest BCUT2D eigenvalue weighted by molar-refractivity contribution is 5.77. The van der Waals surface area contributed by atoms with Crippen LogP contribution in [0.2, 0.25) is 0 Å². The Morgan fingerprint density at radius 3 is 2.33 bits per heavy atom. The summed E-state index contributed by atoms with van der Waals surface area (Å²) in [7, 11) is 0.